The van der Waals surface area contributed by atoms with Crippen LogP contribution in [-0.4, -0.2) is 0 Å². The summed E-state index contributed by atoms with van der Waals surface area (Å²) >= 11 is 3.63. The summed E-state index contributed by atoms with van der Waals surface area (Å²) in [5.74, 6) is 0. The second-order valence-electron chi connectivity index (χ2n) is 4.27. The summed E-state index contributed by atoms with van der Waals surface area (Å²) < 4.78 is 0. The molecule has 3 heteroatoms. The Labute approximate surface area is 105 Å². The first-order chi connectivity index (χ1) is 7.49. The molecule has 0 aliphatic carbocycles. The Balaban J connectivity index is 2.38. The van der Waals surface area contributed by atoms with Gasteiger partial charge < -0.3 is 5.73 Å². The molecule has 86 valence electrons. The van der Waals surface area contributed by atoms with Crippen molar-refractivity contribution < 1.29 is 0 Å². The Morgan fingerprint density at radius 1 is 1.00 bits per heavy atom. The highest BCUT2D eigenvalue weighted by molar-refractivity contribution is 7.13. The van der Waals surface area contributed by atoms with E-state index in [-0.39, 0.29) is 6.04 Å². The molecule has 1 atom stereocenters. The van der Waals surface area contributed by atoms with E-state index in [9.17, 15) is 0 Å². The number of thiophene rings is 2. The van der Waals surface area contributed by atoms with Crippen LogP contribution in [0.4, 0.5) is 0 Å². The van der Waals surface area contributed by atoms with E-state index in [4.69, 9.17) is 5.73 Å². The van der Waals surface area contributed by atoms with Crippen molar-refractivity contribution in [1.29, 1.82) is 0 Å². The molecule has 0 amide bonds. The van der Waals surface area contributed by atoms with E-state index in [1.165, 1.54) is 30.6 Å². The molecule has 2 aromatic heterocycles. The molecule has 0 aromatic carbocycles. The Bertz CT molecular complexity index is 488. The smallest absolute Gasteiger partial charge is 0.0742 e. The summed E-state index contributed by atoms with van der Waals surface area (Å²) in [6.45, 7) is 8.59. The second kappa shape index (κ2) is 4.32. The molecule has 1 nitrogen and oxygen atoms in total. The van der Waals surface area contributed by atoms with Gasteiger partial charge in [-0.2, -0.15) is 0 Å². The van der Waals surface area contributed by atoms with Crippen molar-refractivity contribution in [3.8, 4) is 0 Å². The first-order valence-electron chi connectivity index (χ1n) is 5.38. The van der Waals surface area contributed by atoms with Gasteiger partial charge in [-0.1, -0.05) is 0 Å². The molecule has 0 saturated carbocycles. The van der Waals surface area contributed by atoms with Crippen molar-refractivity contribution in [2.75, 3.05) is 0 Å². The lowest BCUT2D eigenvalue weighted by Gasteiger charge is -2.08. The van der Waals surface area contributed by atoms with Crippen LogP contribution in [0.25, 0.3) is 0 Å². The fraction of sp³-hybridized carbons (Fsp3) is 0.385. The summed E-state index contributed by atoms with van der Waals surface area (Å²) in [6.07, 6.45) is 0. The van der Waals surface area contributed by atoms with Crippen LogP contribution >= 0.6 is 22.7 Å². The van der Waals surface area contributed by atoms with Gasteiger partial charge in [-0.25, -0.2) is 0 Å². The number of hydrogen-bond donors (Lipinski definition) is 1. The van der Waals surface area contributed by atoms with Gasteiger partial charge in [-0.15, -0.1) is 22.7 Å². The van der Waals surface area contributed by atoms with Gasteiger partial charge >= 0.3 is 0 Å². The van der Waals surface area contributed by atoms with Gasteiger partial charge in [0.2, 0.25) is 0 Å². The Morgan fingerprint density at radius 2 is 1.69 bits per heavy atom. The summed E-state index contributed by atoms with van der Waals surface area (Å²) in [5.41, 5.74) is 9.00. The summed E-state index contributed by atoms with van der Waals surface area (Å²) in [7, 11) is 0. The largest absolute Gasteiger partial charge is 0.319 e. The average molecular weight is 251 g/mol. The van der Waals surface area contributed by atoms with E-state index >= 15 is 0 Å². The lowest BCUT2D eigenvalue weighted by Crippen LogP contribution is -2.09. The number of nitrogens with two attached hydrogens (primary N) is 1. The molecule has 0 spiro atoms. The molecule has 0 bridgehead atoms. The standard InChI is InChI=1S/C13H17NS2/c1-7-6-11(16-10(7)4)12(14)13-8(2)5-9(3)15-13/h5-6,12H,14H2,1-4H3. The molecule has 0 aliphatic rings. The molecule has 0 aliphatic heterocycles. The van der Waals surface area contributed by atoms with Crippen LogP contribution in [-0.2, 0) is 0 Å². The van der Waals surface area contributed by atoms with Crippen molar-refractivity contribution >= 4 is 22.7 Å². The number of rotatable bonds is 2. The van der Waals surface area contributed by atoms with Crippen molar-refractivity contribution in [3.05, 3.63) is 42.8 Å². The molecule has 1 unspecified atom stereocenters. The maximum absolute atomic E-state index is 6.33. The minimum absolute atomic E-state index is 0.0519. The van der Waals surface area contributed by atoms with Gasteiger partial charge in [0, 0.05) is 19.5 Å². The summed E-state index contributed by atoms with van der Waals surface area (Å²) in [4.78, 5) is 5.29. The Hall–Kier alpha value is -0.640. The molecule has 2 rings (SSSR count). The quantitative estimate of drug-likeness (QED) is 0.854. The van der Waals surface area contributed by atoms with E-state index in [1.807, 2.05) is 22.7 Å². The Kier molecular flexibility index (Phi) is 3.19. The van der Waals surface area contributed by atoms with Crippen molar-refractivity contribution in [2.45, 2.75) is 33.7 Å². The van der Waals surface area contributed by atoms with E-state index in [1.54, 1.807) is 0 Å². The summed E-state index contributed by atoms with van der Waals surface area (Å²) in [6, 6.07) is 4.49. The maximum Gasteiger partial charge on any atom is 0.0742 e. The first kappa shape index (κ1) is 11.8. The fourth-order valence-electron chi connectivity index (χ4n) is 1.85. The molecule has 0 radical (unpaired) electrons. The number of hydrogen-bond acceptors (Lipinski definition) is 3. The van der Waals surface area contributed by atoms with E-state index in [0.717, 1.165) is 0 Å². The van der Waals surface area contributed by atoms with Crippen molar-refractivity contribution in [2.24, 2.45) is 5.73 Å². The van der Waals surface area contributed by atoms with E-state index in [2.05, 4.69) is 39.8 Å². The second-order valence-corrected chi connectivity index (χ2v) is 6.85. The zero-order valence-corrected chi connectivity index (χ0v) is 11.8. The SMILES string of the molecule is Cc1cc(C)c(C(N)c2cc(C)c(C)s2)s1. The van der Waals surface area contributed by atoms with Crippen LogP contribution in [0.2, 0.25) is 0 Å². The highest BCUT2D eigenvalue weighted by Gasteiger charge is 2.16. The molecular formula is C13H17NS2. The normalized spacial score (nSPS) is 13.1. The molecule has 2 aromatic rings. The fourth-order valence-corrected chi connectivity index (χ4v) is 4.04. The van der Waals surface area contributed by atoms with E-state index < -0.39 is 0 Å². The zero-order chi connectivity index (χ0) is 11.9. The summed E-state index contributed by atoms with van der Waals surface area (Å²) in [5, 5.41) is 0. The zero-order valence-electron chi connectivity index (χ0n) is 10.1. The first-order valence-corrected chi connectivity index (χ1v) is 7.01. The van der Waals surface area contributed by atoms with Gasteiger partial charge in [-0.3, -0.25) is 0 Å². The molecule has 0 saturated heterocycles. The monoisotopic (exact) mass is 251 g/mol. The number of aryl methyl sites for hydroxylation is 4. The Morgan fingerprint density at radius 3 is 2.12 bits per heavy atom. The predicted octanol–water partition coefficient (Wildman–Crippen LogP) is 4.09. The lowest BCUT2D eigenvalue weighted by molar-refractivity contribution is 0.907. The van der Waals surface area contributed by atoms with E-state index in [0.29, 0.717) is 0 Å². The predicted molar refractivity (Wildman–Crippen MR) is 73.6 cm³/mol. The minimum atomic E-state index is 0.0519. The van der Waals surface area contributed by atoms with Crippen molar-refractivity contribution in [1.82, 2.24) is 0 Å². The molecule has 2 N–H and O–H groups in total. The van der Waals surface area contributed by atoms with Crippen LogP contribution in [0.5, 0.6) is 0 Å². The van der Waals surface area contributed by atoms with Crippen LogP contribution in [0.3, 0.4) is 0 Å². The maximum atomic E-state index is 6.33. The van der Waals surface area contributed by atoms with Crippen LogP contribution in [0.15, 0.2) is 12.1 Å². The molecule has 16 heavy (non-hydrogen) atoms. The minimum Gasteiger partial charge on any atom is -0.319 e. The van der Waals surface area contributed by atoms with Crippen LogP contribution < -0.4 is 5.73 Å². The molecular weight excluding hydrogens is 234 g/mol. The highest BCUT2D eigenvalue weighted by atomic mass is 32.1. The van der Waals surface area contributed by atoms with Gasteiger partial charge in [0.15, 0.2) is 0 Å². The van der Waals surface area contributed by atoms with Crippen LogP contribution in [0, 0.1) is 27.7 Å². The average Bonchev–Trinajstić information content (AvgIpc) is 2.70. The van der Waals surface area contributed by atoms with Gasteiger partial charge in [0.05, 0.1) is 6.04 Å². The molecule has 2 heterocycles. The third-order valence-electron chi connectivity index (χ3n) is 2.85. The van der Waals surface area contributed by atoms with Crippen molar-refractivity contribution in [3.63, 3.8) is 0 Å². The van der Waals surface area contributed by atoms with Crippen LogP contribution in [0.1, 0.15) is 36.7 Å². The third kappa shape index (κ3) is 2.08. The molecule has 0 fully saturated rings. The van der Waals surface area contributed by atoms with Gasteiger partial charge in [-0.05, 0) is 51.0 Å². The lowest BCUT2D eigenvalue weighted by atomic mass is 10.1. The van der Waals surface area contributed by atoms with Gasteiger partial charge in [0.25, 0.3) is 0 Å². The highest BCUT2D eigenvalue weighted by Crippen LogP contribution is 2.34. The topological polar surface area (TPSA) is 26.0 Å². The third-order valence-corrected chi connectivity index (χ3v) is 5.32. The van der Waals surface area contributed by atoms with Gasteiger partial charge in [0.1, 0.15) is 0 Å².